The number of rotatable bonds is 4. The summed E-state index contributed by atoms with van der Waals surface area (Å²) in [5.74, 6) is -1.88. The van der Waals surface area contributed by atoms with Crippen molar-refractivity contribution in [2.24, 2.45) is 34.5 Å². The van der Waals surface area contributed by atoms with Crippen molar-refractivity contribution in [1.82, 2.24) is 0 Å². The van der Waals surface area contributed by atoms with E-state index in [0.29, 0.717) is 37.7 Å². The molecule has 1 aromatic carbocycles. The fourth-order valence-electron chi connectivity index (χ4n) is 9.14. The first-order valence-electron chi connectivity index (χ1n) is 13.8. The van der Waals surface area contributed by atoms with Crippen LogP contribution in [-0.4, -0.2) is 51.8 Å². The zero-order valence-electron chi connectivity index (χ0n) is 22.3. The van der Waals surface area contributed by atoms with E-state index < -0.39 is 41.1 Å². The van der Waals surface area contributed by atoms with Crippen LogP contribution < -0.4 is 0 Å². The Balaban J connectivity index is 1.67. The van der Waals surface area contributed by atoms with Crippen molar-refractivity contribution >= 4 is 17.7 Å². The average molecular weight is 513 g/mol. The Labute approximate surface area is 218 Å². The van der Waals surface area contributed by atoms with Crippen LogP contribution in [0, 0.1) is 34.5 Å². The molecule has 2 N–H and O–H groups in total. The highest BCUT2D eigenvalue weighted by Gasteiger charge is 2.75. The van der Waals surface area contributed by atoms with Crippen molar-refractivity contribution in [2.45, 2.75) is 96.6 Å². The Morgan fingerprint density at radius 1 is 0.946 bits per heavy atom. The predicted molar refractivity (Wildman–Crippen MR) is 135 cm³/mol. The number of hydrogen-bond donors (Lipinski definition) is 2. The molecule has 4 fully saturated rings. The molecule has 0 amide bonds. The maximum Gasteiger partial charge on any atom is 0.338 e. The number of aliphatic hydroxyl groups excluding tert-OH is 1. The number of ketones is 1. The molecule has 7 nitrogen and oxygen atoms in total. The molecule has 7 heteroatoms. The molecular weight excluding hydrogens is 472 g/mol. The molecule has 0 aliphatic heterocycles. The molecule has 10 atom stereocenters. The largest absolute Gasteiger partial charge is 0.458 e. The molecule has 4 aliphatic rings. The van der Waals surface area contributed by atoms with Crippen LogP contribution in [0.15, 0.2) is 30.3 Å². The van der Waals surface area contributed by atoms with E-state index in [0.717, 1.165) is 12.8 Å². The van der Waals surface area contributed by atoms with Gasteiger partial charge in [0, 0.05) is 24.2 Å². The minimum absolute atomic E-state index is 0.0557. The second-order valence-electron chi connectivity index (χ2n) is 12.5. The highest BCUT2D eigenvalue weighted by atomic mass is 16.6. The van der Waals surface area contributed by atoms with E-state index in [2.05, 4.69) is 6.92 Å². The Morgan fingerprint density at radius 2 is 1.65 bits per heavy atom. The zero-order chi connectivity index (χ0) is 26.8. The van der Waals surface area contributed by atoms with E-state index in [9.17, 15) is 24.6 Å². The highest BCUT2D eigenvalue weighted by Crippen LogP contribution is 2.70. The summed E-state index contributed by atoms with van der Waals surface area (Å²) in [6.07, 6.45) is 2.40. The van der Waals surface area contributed by atoms with E-state index in [1.165, 1.54) is 13.8 Å². The third kappa shape index (κ3) is 3.87. The first-order valence-corrected chi connectivity index (χ1v) is 13.8. The number of aliphatic hydroxyl groups is 2. The monoisotopic (exact) mass is 512 g/mol. The van der Waals surface area contributed by atoms with Crippen molar-refractivity contribution in [2.75, 3.05) is 0 Å². The van der Waals surface area contributed by atoms with E-state index in [-0.39, 0.29) is 35.1 Å². The fraction of sp³-hybridized carbons (Fsp3) is 0.700. The van der Waals surface area contributed by atoms with Crippen LogP contribution in [0.1, 0.15) is 83.0 Å². The minimum atomic E-state index is -1.25. The number of fused-ring (bicyclic) bond motifs is 5. The molecule has 1 aromatic rings. The number of benzene rings is 1. The molecule has 0 bridgehead atoms. The zero-order valence-corrected chi connectivity index (χ0v) is 22.3. The normalized spacial score (nSPS) is 44.6. The van der Waals surface area contributed by atoms with Gasteiger partial charge in [-0.1, -0.05) is 32.0 Å². The van der Waals surface area contributed by atoms with Crippen LogP contribution in [-0.2, 0) is 19.1 Å². The van der Waals surface area contributed by atoms with Crippen molar-refractivity contribution in [3.63, 3.8) is 0 Å². The molecule has 0 heterocycles. The van der Waals surface area contributed by atoms with Crippen molar-refractivity contribution in [1.29, 1.82) is 0 Å². The van der Waals surface area contributed by atoms with Crippen molar-refractivity contribution < 1.29 is 34.1 Å². The van der Waals surface area contributed by atoms with Crippen LogP contribution in [0.5, 0.6) is 0 Å². The smallest absolute Gasteiger partial charge is 0.338 e. The van der Waals surface area contributed by atoms with E-state index in [1.54, 1.807) is 24.3 Å². The van der Waals surface area contributed by atoms with E-state index in [4.69, 9.17) is 9.47 Å². The first kappa shape index (κ1) is 26.4. The van der Waals surface area contributed by atoms with Crippen LogP contribution in [0.2, 0.25) is 0 Å². The predicted octanol–water partition coefficient (Wildman–Crippen LogP) is 4.09. The minimum Gasteiger partial charge on any atom is -0.458 e. The molecule has 4 aliphatic carbocycles. The SMILES string of the molecule is CC(=O)O[C@H]1C2C(CC[C@H]3C[C@@H](O)CC[C@]23C)[C@@]2(O)CC[C@H](C(C)=O)[C@@]2(C)[C@@H]1OC(=O)c1ccccc1. The molecule has 0 spiro atoms. The summed E-state index contributed by atoms with van der Waals surface area (Å²) < 4.78 is 12.4. The van der Waals surface area contributed by atoms with E-state index >= 15 is 0 Å². The third-order valence-electron chi connectivity index (χ3n) is 10.9. The standard InChI is InChI=1S/C30H40O7/c1-17(31)22-13-15-30(35)23-11-10-20-16-21(33)12-14-28(20,3)24(23)25(36-18(2)32)26(29(22,30)4)37-27(34)19-8-6-5-7-9-19/h5-9,20-26,33,35H,10-16H2,1-4H3/t20-,21-,22+,23?,24?,25-,26+,28-,29-,30-/m0/s1. The topological polar surface area (TPSA) is 110 Å². The van der Waals surface area contributed by atoms with Gasteiger partial charge >= 0.3 is 11.9 Å². The van der Waals surface area contributed by atoms with Crippen molar-refractivity contribution in [3.05, 3.63) is 35.9 Å². The number of Topliss-reactive ketones (excluding diaryl/α,β-unsaturated/α-hetero) is 1. The summed E-state index contributed by atoms with van der Waals surface area (Å²) in [7, 11) is 0. The van der Waals surface area contributed by atoms with Crippen LogP contribution >= 0.6 is 0 Å². The molecule has 0 radical (unpaired) electrons. The lowest BCUT2D eigenvalue weighted by Crippen LogP contribution is -2.73. The van der Waals surface area contributed by atoms with Crippen LogP contribution in [0.4, 0.5) is 0 Å². The van der Waals surface area contributed by atoms with Gasteiger partial charge in [-0.3, -0.25) is 9.59 Å². The number of hydrogen-bond acceptors (Lipinski definition) is 7. The number of ether oxygens (including phenoxy) is 2. The quantitative estimate of drug-likeness (QED) is 0.585. The molecular formula is C30H40O7. The van der Waals surface area contributed by atoms with Crippen LogP contribution in [0.3, 0.4) is 0 Å². The van der Waals surface area contributed by atoms with Crippen LogP contribution in [0.25, 0.3) is 0 Å². The summed E-state index contributed by atoms with van der Waals surface area (Å²) in [5, 5.41) is 23.1. The van der Waals surface area contributed by atoms with Gasteiger partial charge in [-0.25, -0.2) is 4.79 Å². The second-order valence-corrected chi connectivity index (χ2v) is 12.5. The van der Waals surface area contributed by atoms with Gasteiger partial charge < -0.3 is 19.7 Å². The summed E-state index contributed by atoms with van der Waals surface area (Å²) in [6.45, 7) is 6.95. The lowest BCUT2D eigenvalue weighted by Gasteiger charge is -2.66. The van der Waals surface area contributed by atoms with E-state index in [1.807, 2.05) is 13.0 Å². The summed E-state index contributed by atoms with van der Waals surface area (Å²) in [6, 6.07) is 8.65. The van der Waals surface area contributed by atoms with Gasteiger partial charge in [0.25, 0.3) is 0 Å². The summed E-state index contributed by atoms with van der Waals surface area (Å²) in [4.78, 5) is 39.0. The van der Waals surface area contributed by atoms with Crippen molar-refractivity contribution in [3.8, 4) is 0 Å². The Hall–Kier alpha value is -2.25. The molecule has 4 saturated carbocycles. The van der Waals surface area contributed by atoms with Gasteiger partial charge in [0.1, 0.15) is 18.0 Å². The van der Waals surface area contributed by atoms with Gasteiger partial charge in [-0.2, -0.15) is 0 Å². The first-order chi connectivity index (χ1) is 17.4. The van der Waals surface area contributed by atoms with Gasteiger partial charge in [-0.15, -0.1) is 0 Å². The third-order valence-corrected chi connectivity index (χ3v) is 10.9. The lowest BCUT2D eigenvalue weighted by atomic mass is 9.41. The number of carbonyl (C=O) groups is 3. The van der Waals surface area contributed by atoms with Gasteiger partial charge in [0.15, 0.2) is 0 Å². The molecule has 37 heavy (non-hydrogen) atoms. The fourth-order valence-corrected chi connectivity index (χ4v) is 9.14. The molecule has 0 aromatic heterocycles. The molecule has 202 valence electrons. The maximum absolute atomic E-state index is 13.5. The maximum atomic E-state index is 13.5. The highest BCUT2D eigenvalue weighted by molar-refractivity contribution is 5.89. The second kappa shape index (κ2) is 9.19. The lowest BCUT2D eigenvalue weighted by molar-refractivity contribution is -0.286. The number of esters is 2. The molecule has 5 rings (SSSR count). The van der Waals surface area contributed by atoms with Gasteiger partial charge in [0.2, 0.25) is 0 Å². The summed E-state index contributed by atoms with van der Waals surface area (Å²) >= 11 is 0. The summed E-state index contributed by atoms with van der Waals surface area (Å²) in [5.41, 5.74) is -2.31. The van der Waals surface area contributed by atoms with Gasteiger partial charge in [-0.05, 0) is 81.3 Å². The average Bonchev–Trinajstić information content (AvgIpc) is 3.14. The Kier molecular flexibility index (Phi) is 6.55. The molecule has 0 saturated heterocycles. The molecule has 2 unspecified atom stereocenters. The Morgan fingerprint density at radius 3 is 2.30 bits per heavy atom. The van der Waals surface area contributed by atoms with Gasteiger partial charge in [0.05, 0.1) is 17.3 Å². The number of carbonyl (C=O) groups excluding carboxylic acids is 3. The Bertz CT molecular complexity index is 1070.